The highest BCUT2D eigenvalue weighted by Gasteiger charge is 2.46. The third kappa shape index (κ3) is 7.80. The van der Waals surface area contributed by atoms with Crippen LogP contribution in [0.15, 0.2) is 115 Å². The van der Waals surface area contributed by atoms with E-state index in [1.165, 1.54) is 34.1 Å². The molecule has 0 radical (unpaired) electrons. The lowest BCUT2D eigenvalue weighted by Gasteiger charge is -2.42. The Morgan fingerprint density at radius 1 is 0.603 bits per heavy atom. The highest BCUT2D eigenvalue weighted by Crippen LogP contribution is 2.53. The van der Waals surface area contributed by atoms with Gasteiger partial charge in [0.2, 0.25) is 0 Å². The Balaban J connectivity index is 1.40. The number of nitrogens with zero attached hydrogens (tertiary/aromatic N) is 2. The summed E-state index contributed by atoms with van der Waals surface area (Å²) in [5, 5.41) is 0.947. The van der Waals surface area contributed by atoms with Crippen LogP contribution in [0.5, 0.6) is 11.5 Å². The van der Waals surface area contributed by atoms with Crippen molar-refractivity contribution in [1.29, 1.82) is 0 Å². The molecule has 6 aromatic carbocycles. The summed E-state index contributed by atoms with van der Waals surface area (Å²) in [7, 11) is 0. The first-order valence-corrected chi connectivity index (χ1v) is 24.0. The van der Waals surface area contributed by atoms with Gasteiger partial charge in [-0.3, -0.25) is 0 Å². The Morgan fingerprint density at radius 3 is 1.75 bits per heavy atom. The van der Waals surface area contributed by atoms with Crippen LogP contribution in [0.4, 0.5) is 34.1 Å². The van der Waals surface area contributed by atoms with E-state index in [1.54, 1.807) is 44.2 Å². The quantitative estimate of drug-likeness (QED) is 0.129. The first-order chi connectivity index (χ1) is 42.2. The van der Waals surface area contributed by atoms with E-state index in [4.69, 9.17) is 29.4 Å². The fourth-order valence-corrected chi connectivity index (χ4v) is 11.9. The second kappa shape index (κ2) is 15.6. The predicted molar refractivity (Wildman–Crippen MR) is 297 cm³/mol. The molecule has 0 saturated carbocycles. The minimum atomic E-state index is -3.68. The van der Waals surface area contributed by atoms with E-state index in [-0.39, 0.29) is 79.4 Å². The highest BCUT2D eigenvalue weighted by molar-refractivity contribution is 7.22. The number of fused-ring (bicyclic) bond motifs is 8. The normalized spacial score (nSPS) is 22.8. The zero-order valence-electron chi connectivity index (χ0n) is 65.3. The minimum Gasteiger partial charge on any atom is -0.458 e. The molecule has 0 bridgehead atoms. The number of anilines is 6. The van der Waals surface area contributed by atoms with Gasteiger partial charge in [-0.25, -0.2) is 0 Å². The number of benzene rings is 6. The Labute approximate surface area is 448 Å². The molecule has 0 spiro atoms. The zero-order chi connectivity index (χ0) is 69.8. The van der Waals surface area contributed by atoms with Crippen molar-refractivity contribution in [2.24, 2.45) is 0 Å². The third-order valence-electron chi connectivity index (χ3n) is 13.9. The molecular formula is C63H73BN2OS. The third-order valence-corrected chi connectivity index (χ3v) is 15.5. The first-order valence-electron chi connectivity index (χ1n) is 35.7. The fraction of sp³-hybridized carbons (Fsp3) is 0.397. The molecule has 0 atom stereocenters. The van der Waals surface area contributed by atoms with E-state index < -0.39 is 111 Å². The SMILES string of the molecule is [2H]c1c([2H])c(C(C)(C)C)c([2H])c([2H])c1N1c2cc(N(c3ccc(C(C([2H])([2H])[2H])(C([2H])([2H])[2H])C([2H])([2H])[2H])cc3)c3ccc(C(C([2H])([2H])[2H])(C([2H])([2H])[2H])C([2H])([2H])[2H])cc3)cc3c2B(c2c([2H])c(C(C)(C)C)c([2H])c([2H])c21)c1c(ccc2c4c(sc12)C(C)(C)CCCC4(C)C)O3. The number of ether oxygens (including phenoxy) is 1. The summed E-state index contributed by atoms with van der Waals surface area (Å²) in [5.41, 5.74) is -8.45. The van der Waals surface area contributed by atoms with Crippen LogP contribution >= 0.6 is 11.3 Å². The molecule has 0 amide bonds. The van der Waals surface area contributed by atoms with Gasteiger partial charge in [-0.1, -0.05) is 165 Å². The van der Waals surface area contributed by atoms with E-state index in [0.717, 1.165) is 64.1 Å². The van der Waals surface area contributed by atoms with E-state index in [1.807, 2.05) is 32.9 Å². The summed E-state index contributed by atoms with van der Waals surface area (Å²) in [5.74, 6) is 0.404. The van der Waals surface area contributed by atoms with Gasteiger partial charge in [0, 0.05) is 68.8 Å². The summed E-state index contributed by atoms with van der Waals surface area (Å²) in [6.07, 6.45) is 2.75. The smallest absolute Gasteiger partial charge is 0.258 e. The Morgan fingerprint density at radius 2 is 1.18 bits per heavy atom. The molecule has 3 nitrogen and oxygen atoms in total. The van der Waals surface area contributed by atoms with Gasteiger partial charge in [-0.05, 0) is 156 Å². The van der Waals surface area contributed by atoms with Gasteiger partial charge >= 0.3 is 0 Å². The molecule has 3 aliphatic rings. The van der Waals surface area contributed by atoms with Crippen molar-refractivity contribution in [3.8, 4) is 11.5 Å². The Hall–Kier alpha value is -5.26. The maximum absolute atomic E-state index is 10.5. The maximum atomic E-state index is 10.5. The Bertz CT molecular complexity index is 4000. The van der Waals surface area contributed by atoms with Crippen LogP contribution < -0.4 is 30.9 Å². The average molecular weight is 942 g/mol. The van der Waals surface area contributed by atoms with E-state index in [9.17, 15) is 9.60 Å². The van der Waals surface area contributed by atoms with Gasteiger partial charge in [0.05, 0.1) is 15.3 Å². The number of rotatable bonds is 4. The standard InChI is InChI=1S/C63H73BN2OS/c1-58(2,3)39-18-25-43(26-19-39)65(44-27-20-40(21-28-44)59(4,5)6)46-37-50-54-52(38-46)67-51-33-31-47-53-57(63(15,16)35-17-34-62(53,13)14)68-56(47)55(51)64(54)48-36-42(61(10,11)12)24-32-49(48)66(50)45-29-22-41(23-30-45)60(7,8)9/h18-33,36-38H,17,34-35H2,1-16H3/i1D3,2D3,3D3,4D3,5D3,6D3,22D,23D,24D,29D,30D,32D,36D. The Kier molecular flexibility index (Phi) is 5.87. The van der Waals surface area contributed by atoms with Crippen LogP contribution in [0.25, 0.3) is 10.1 Å². The lowest BCUT2D eigenvalue weighted by molar-refractivity contribution is 0.435. The van der Waals surface area contributed by atoms with Crippen LogP contribution in [-0.4, -0.2) is 6.71 Å². The van der Waals surface area contributed by atoms with Gasteiger partial charge < -0.3 is 14.5 Å². The van der Waals surface area contributed by atoms with Crippen LogP contribution in [0, 0.1) is 0 Å². The van der Waals surface area contributed by atoms with Crippen LogP contribution in [0.1, 0.15) is 197 Å². The van der Waals surface area contributed by atoms with E-state index in [0.29, 0.717) is 16.7 Å². The van der Waals surface area contributed by atoms with Crippen molar-refractivity contribution in [3.05, 3.63) is 148 Å². The molecule has 1 aliphatic carbocycles. The van der Waals surface area contributed by atoms with Crippen molar-refractivity contribution in [3.63, 3.8) is 0 Å². The second-order valence-corrected chi connectivity index (χ2v) is 23.2. The van der Waals surface area contributed by atoms with Crippen molar-refractivity contribution in [2.45, 2.75) is 162 Å². The van der Waals surface area contributed by atoms with Gasteiger partial charge in [-0.15, -0.1) is 11.3 Å². The van der Waals surface area contributed by atoms with E-state index >= 15 is 0 Å². The lowest BCUT2D eigenvalue weighted by atomic mass is 9.34. The fourth-order valence-electron chi connectivity index (χ4n) is 10.2. The highest BCUT2D eigenvalue weighted by atomic mass is 32.1. The summed E-state index contributed by atoms with van der Waals surface area (Å²) < 4.78 is 232. The molecule has 0 unspecified atom stereocenters. The molecular weight excluding hydrogens is 844 g/mol. The van der Waals surface area contributed by atoms with Crippen LogP contribution in [-0.2, 0) is 32.5 Å². The number of hydrogen-bond donors (Lipinski definition) is 0. The largest absolute Gasteiger partial charge is 0.458 e. The molecule has 0 N–H and O–H groups in total. The summed E-state index contributed by atoms with van der Waals surface area (Å²) in [4.78, 5) is 3.96. The van der Waals surface area contributed by atoms with Crippen LogP contribution in [0.2, 0.25) is 0 Å². The first kappa shape index (κ1) is 25.6. The minimum absolute atomic E-state index is 0.00196. The summed E-state index contributed by atoms with van der Waals surface area (Å²) in [6.45, 7) is -3.47. The van der Waals surface area contributed by atoms with Crippen molar-refractivity contribution < 1.29 is 39.0 Å². The number of thiophene rings is 1. The lowest BCUT2D eigenvalue weighted by Crippen LogP contribution is -2.59. The molecule has 350 valence electrons. The molecule has 68 heavy (non-hydrogen) atoms. The van der Waals surface area contributed by atoms with Gasteiger partial charge in [0.1, 0.15) is 11.5 Å². The monoisotopic (exact) mass is 942 g/mol. The van der Waals surface area contributed by atoms with E-state index in [2.05, 4.69) is 27.7 Å². The molecule has 0 fully saturated rings. The molecule has 0 saturated heterocycles. The molecule has 5 heteroatoms. The maximum Gasteiger partial charge on any atom is 0.258 e. The topological polar surface area (TPSA) is 15.7 Å². The molecule has 3 heterocycles. The van der Waals surface area contributed by atoms with Gasteiger partial charge in [-0.2, -0.15) is 0 Å². The average Bonchev–Trinajstić information content (AvgIpc) is 1.48. The summed E-state index contributed by atoms with van der Waals surface area (Å²) in [6, 6.07) is 13.2. The molecule has 10 rings (SSSR count). The number of hydrogen-bond acceptors (Lipinski definition) is 4. The predicted octanol–water partition coefficient (Wildman–Crippen LogP) is 16.7. The second-order valence-electron chi connectivity index (χ2n) is 22.2. The molecule has 7 aromatic rings. The summed E-state index contributed by atoms with van der Waals surface area (Å²) >= 11 is 1.62. The zero-order valence-corrected chi connectivity index (χ0v) is 41.2. The van der Waals surface area contributed by atoms with Crippen molar-refractivity contribution in [1.82, 2.24) is 0 Å². The molecule has 1 aromatic heterocycles. The van der Waals surface area contributed by atoms with Gasteiger partial charge in [0.25, 0.3) is 6.71 Å². The van der Waals surface area contributed by atoms with Crippen molar-refractivity contribution in [2.75, 3.05) is 9.80 Å². The van der Waals surface area contributed by atoms with Crippen molar-refractivity contribution >= 4 is 78.6 Å². The molecule has 2 aliphatic heterocycles. The van der Waals surface area contributed by atoms with Crippen LogP contribution in [0.3, 0.4) is 0 Å². The van der Waals surface area contributed by atoms with Gasteiger partial charge in [0.15, 0.2) is 0 Å².